The van der Waals surface area contributed by atoms with Crippen molar-refractivity contribution < 1.29 is 9.53 Å². The monoisotopic (exact) mass is 350 g/mol. The SMILES string of the molecule is CCOC(=O)C1CCN(C(=S)NC23CC4CC(CC(C4)C2)C3)CC1. The van der Waals surface area contributed by atoms with Gasteiger partial charge in [0.15, 0.2) is 5.11 Å². The molecule has 4 nitrogen and oxygen atoms in total. The van der Waals surface area contributed by atoms with Crippen molar-refractivity contribution in [2.45, 2.75) is 63.8 Å². The Labute approximate surface area is 150 Å². The second-order valence-corrected chi connectivity index (χ2v) is 9.03. The number of carbonyl (C=O) groups is 1. The highest BCUT2D eigenvalue weighted by Gasteiger charge is 2.51. The maximum absolute atomic E-state index is 11.9. The Hall–Kier alpha value is -0.840. The molecule has 5 rings (SSSR count). The molecule has 24 heavy (non-hydrogen) atoms. The van der Waals surface area contributed by atoms with Crippen LogP contribution in [0.3, 0.4) is 0 Å². The van der Waals surface area contributed by atoms with Crippen LogP contribution in [-0.2, 0) is 9.53 Å². The number of likely N-dealkylation sites (tertiary alicyclic amines) is 1. The predicted octanol–water partition coefficient (Wildman–Crippen LogP) is 3.10. The van der Waals surface area contributed by atoms with Gasteiger partial charge in [-0.25, -0.2) is 0 Å². The summed E-state index contributed by atoms with van der Waals surface area (Å²) in [5.74, 6) is 2.82. The Morgan fingerprint density at radius 1 is 1.12 bits per heavy atom. The van der Waals surface area contributed by atoms with Crippen molar-refractivity contribution in [1.82, 2.24) is 10.2 Å². The molecule has 0 amide bonds. The van der Waals surface area contributed by atoms with Crippen LogP contribution in [0.4, 0.5) is 0 Å². The second-order valence-electron chi connectivity index (χ2n) is 8.64. The topological polar surface area (TPSA) is 41.6 Å². The summed E-state index contributed by atoms with van der Waals surface area (Å²) in [5, 5.41) is 4.73. The van der Waals surface area contributed by atoms with Crippen LogP contribution in [0.2, 0.25) is 0 Å². The van der Waals surface area contributed by atoms with Gasteiger partial charge in [0.2, 0.25) is 0 Å². The number of carbonyl (C=O) groups excluding carboxylic acids is 1. The van der Waals surface area contributed by atoms with Gasteiger partial charge in [-0.15, -0.1) is 0 Å². The van der Waals surface area contributed by atoms with E-state index in [0.29, 0.717) is 6.61 Å². The Morgan fingerprint density at radius 2 is 1.67 bits per heavy atom. The quantitative estimate of drug-likeness (QED) is 0.626. The predicted molar refractivity (Wildman–Crippen MR) is 97.6 cm³/mol. The Morgan fingerprint density at radius 3 is 2.17 bits per heavy atom. The zero-order valence-electron chi connectivity index (χ0n) is 14.8. The van der Waals surface area contributed by atoms with E-state index in [0.717, 1.165) is 48.8 Å². The second kappa shape index (κ2) is 6.47. The minimum atomic E-state index is -0.0305. The molecule has 0 aromatic heterocycles. The van der Waals surface area contributed by atoms with Crippen molar-refractivity contribution in [3.8, 4) is 0 Å². The van der Waals surface area contributed by atoms with E-state index in [9.17, 15) is 4.79 Å². The molecule has 5 aliphatic rings. The maximum Gasteiger partial charge on any atom is 0.309 e. The van der Waals surface area contributed by atoms with Gasteiger partial charge < -0.3 is 15.0 Å². The van der Waals surface area contributed by atoms with E-state index in [1.54, 1.807) is 0 Å². The molecule has 1 saturated heterocycles. The number of piperidine rings is 1. The molecule has 1 aliphatic heterocycles. The van der Waals surface area contributed by atoms with Crippen LogP contribution in [-0.4, -0.2) is 41.2 Å². The van der Waals surface area contributed by atoms with Gasteiger partial charge in [-0.2, -0.15) is 0 Å². The van der Waals surface area contributed by atoms with Gasteiger partial charge in [-0.1, -0.05) is 0 Å². The molecule has 5 fully saturated rings. The van der Waals surface area contributed by atoms with Gasteiger partial charge in [0.1, 0.15) is 0 Å². The van der Waals surface area contributed by atoms with Gasteiger partial charge in [0.25, 0.3) is 0 Å². The number of hydrogen-bond donors (Lipinski definition) is 1. The highest BCUT2D eigenvalue weighted by atomic mass is 32.1. The van der Waals surface area contributed by atoms with Crippen LogP contribution < -0.4 is 5.32 Å². The first kappa shape index (κ1) is 16.6. The van der Waals surface area contributed by atoms with E-state index in [4.69, 9.17) is 17.0 Å². The van der Waals surface area contributed by atoms with Crippen molar-refractivity contribution in [3.05, 3.63) is 0 Å². The standard InChI is InChI=1S/C19H30N2O2S/c1-2-23-17(22)16-3-5-21(6-4-16)18(24)20-19-10-13-7-14(11-19)9-15(8-13)12-19/h13-16H,2-12H2,1H3,(H,20,24). The molecular weight excluding hydrogens is 320 g/mol. The van der Waals surface area contributed by atoms with Gasteiger partial charge in [0.05, 0.1) is 12.5 Å². The summed E-state index contributed by atoms with van der Waals surface area (Å²) >= 11 is 5.76. The highest BCUT2D eigenvalue weighted by Crippen LogP contribution is 2.55. The first-order valence-corrected chi connectivity index (χ1v) is 10.2. The molecule has 0 radical (unpaired) electrons. The third-order valence-electron chi connectivity index (χ3n) is 6.81. The summed E-state index contributed by atoms with van der Waals surface area (Å²) in [6.07, 6.45) is 10.0. The molecule has 134 valence electrons. The average Bonchev–Trinajstić information content (AvgIpc) is 2.53. The summed E-state index contributed by atoms with van der Waals surface area (Å²) in [6.45, 7) is 4.10. The molecule has 1 heterocycles. The van der Waals surface area contributed by atoms with E-state index in [2.05, 4.69) is 10.2 Å². The van der Waals surface area contributed by atoms with Crippen LogP contribution in [0, 0.1) is 23.7 Å². The van der Waals surface area contributed by atoms with Crippen LogP contribution in [0.25, 0.3) is 0 Å². The number of hydrogen-bond acceptors (Lipinski definition) is 3. The Kier molecular flexibility index (Phi) is 4.48. The number of nitrogens with zero attached hydrogens (tertiary/aromatic N) is 1. The first-order chi connectivity index (χ1) is 11.6. The smallest absolute Gasteiger partial charge is 0.309 e. The summed E-state index contributed by atoms with van der Waals surface area (Å²) in [7, 11) is 0. The molecule has 0 spiro atoms. The summed E-state index contributed by atoms with van der Waals surface area (Å²) < 4.78 is 5.16. The fourth-order valence-electron chi connectivity index (χ4n) is 6.15. The van der Waals surface area contributed by atoms with Crippen LogP contribution in [0.15, 0.2) is 0 Å². The number of nitrogens with one attached hydrogen (secondary N) is 1. The third-order valence-corrected chi connectivity index (χ3v) is 7.17. The molecular formula is C19H30N2O2S. The Balaban J connectivity index is 1.32. The van der Waals surface area contributed by atoms with Gasteiger partial charge in [-0.3, -0.25) is 4.79 Å². The molecule has 4 bridgehead atoms. The van der Waals surface area contributed by atoms with Crippen molar-refractivity contribution >= 4 is 23.3 Å². The van der Waals surface area contributed by atoms with Crippen molar-refractivity contribution in [2.24, 2.45) is 23.7 Å². The Bertz CT molecular complexity index is 478. The van der Waals surface area contributed by atoms with E-state index in [1.807, 2.05) is 6.92 Å². The number of thiocarbonyl (C=S) groups is 1. The summed E-state index contributed by atoms with van der Waals surface area (Å²) in [5.41, 5.74) is 0.282. The minimum Gasteiger partial charge on any atom is -0.466 e. The molecule has 0 unspecified atom stereocenters. The van der Waals surface area contributed by atoms with Crippen LogP contribution in [0.5, 0.6) is 0 Å². The number of rotatable bonds is 3. The molecule has 0 aromatic rings. The van der Waals surface area contributed by atoms with Crippen molar-refractivity contribution in [3.63, 3.8) is 0 Å². The van der Waals surface area contributed by atoms with Crippen LogP contribution in [0.1, 0.15) is 58.3 Å². The number of esters is 1. The van der Waals surface area contributed by atoms with Gasteiger partial charge >= 0.3 is 5.97 Å². The lowest BCUT2D eigenvalue weighted by atomic mass is 9.53. The maximum atomic E-state index is 11.9. The van der Waals surface area contributed by atoms with E-state index < -0.39 is 0 Å². The average molecular weight is 351 g/mol. The van der Waals surface area contributed by atoms with Gasteiger partial charge in [-0.05, 0) is 88.3 Å². The lowest BCUT2D eigenvalue weighted by molar-refractivity contribution is -0.149. The summed E-state index contributed by atoms with van der Waals surface area (Å²) in [6, 6.07) is 0. The molecule has 0 atom stereocenters. The fourth-order valence-corrected chi connectivity index (χ4v) is 6.55. The van der Waals surface area contributed by atoms with Crippen molar-refractivity contribution in [1.29, 1.82) is 0 Å². The van der Waals surface area contributed by atoms with Crippen LogP contribution >= 0.6 is 12.2 Å². The van der Waals surface area contributed by atoms with Gasteiger partial charge in [0, 0.05) is 18.6 Å². The zero-order chi connectivity index (χ0) is 16.7. The minimum absolute atomic E-state index is 0.0305. The lowest BCUT2D eigenvalue weighted by Crippen LogP contribution is -2.62. The van der Waals surface area contributed by atoms with E-state index in [-0.39, 0.29) is 17.4 Å². The largest absolute Gasteiger partial charge is 0.466 e. The lowest BCUT2D eigenvalue weighted by Gasteiger charge is -2.57. The first-order valence-electron chi connectivity index (χ1n) is 9.80. The third kappa shape index (κ3) is 3.16. The normalized spacial score (nSPS) is 38.2. The molecule has 5 heteroatoms. The highest BCUT2D eigenvalue weighted by molar-refractivity contribution is 7.80. The van der Waals surface area contributed by atoms with Crippen molar-refractivity contribution in [2.75, 3.05) is 19.7 Å². The zero-order valence-corrected chi connectivity index (χ0v) is 15.6. The molecule has 4 aliphatic carbocycles. The molecule has 1 N–H and O–H groups in total. The number of ether oxygens (including phenoxy) is 1. The summed E-state index contributed by atoms with van der Waals surface area (Å²) in [4.78, 5) is 14.2. The van der Waals surface area contributed by atoms with E-state index >= 15 is 0 Å². The molecule has 0 aromatic carbocycles. The van der Waals surface area contributed by atoms with E-state index in [1.165, 1.54) is 38.5 Å². The molecule has 4 saturated carbocycles. The fraction of sp³-hybridized carbons (Fsp3) is 0.895.